The minimum Gasteiger partial charge on any atom is -0.381 e. The smallest absolute Gasteiger partial charge is 0.180 e. The van der Waals surface area contributed by atoms with Gasteiger partial charge in [-0.3, -0.25) is 4.40 Å². The summed E-state index contributed by atoms with van der Waals surface area (Å²) in [5.74, 6) is 3.54. The summed E-state index contributed by atoms with van der Waals surface area (Å²) in [6.07, 6.45) is 3.67. The van der Waals surface area contributed by atoms with Gasteiger partial charge in [-0.15, -0.1) is 5.54 Å². The number of hydrogen-bond acceptors (Lipinski definition) is 3. The van der Waals surface area contributed by atoms with Crippen molar-refractivity contribution in [2.75, 3.05) is 5.73 Å². The second-order valence-electron chi connectivity index (χ2n) is 5.10. The molecule has 17 heavy (non-hydrogen) atoms. The van der Waals surface area contributed by atoms with Crippen molar-refractivity contribution >= 4 is 19.5 Å². The first-order valence-electron chi connectivity index (χ1n) is 5.50. The van der Waals surface area contributed by atoms with Crippen molar-refractivity contribution in [3.8, 4) is 11.5 Å². The molecule has 2 aromatic heterocycles. The highest BCUT2D eigenvalue weighted by Gasteiger charge is 2.09. The van der Waals surface area contributed by atoms with E-state index in [1.807, 2.05) is 17.5 Å². The van der Waals surface area contributed by atoms with E-state index in [4.69, 9.17) is 5.73 Å². The molecule has 0 saturated carbocycles. The van der Waals surface area contributed by atoms with Crippen LogP contribution in [0.25, 0.3) is 5.65 Å². The van der Waals surface area contributed by atoms with E-state index in [0.717, 1.165) is 5.69 Å². The Bertz CT molecular complexity index is 625. The molecule has 0 aliphatic carbocycles. The number of fused-ring (bicyclic) bond motifs is 1. The third kappa shape index (κ3) is 2.48. The Labute approximate surface area is 102 Å². The molecule has 5 heteroatoms. The lowest BCUT2D eigenvalue weighted by Crippen LogP contribution is -2.16. The van der Waals surface area contributed by atoms with Gasteiger partial charge < -0.3 is 5.73 Å². The summed E-state index contributed by atoms with van der Waals surface area (Å²) in [4.78, 5) is 8.46. The number of rotatable bonds is 0. The Kier molecular flexibility index (Phi) is 2.67. The number of imidazole rings is 1. The molecule has 0 saturated heterocycles. The summed E-state index contributed by atoms with van der Waals surface area (Å²) in [6.45, 7) is 8.58. The molecule has 0 aliphatic heterocycles. The van der Waals surface area contributed by atoms with E-state index in [0.29, 0.717) is 17.2 Å². The van der Waals surface area contributed by atoms with Gasteiger partial charge in [-0.05, 0) is 6.92 Å². The summed E-state index contributed by atoms with van der Waals surface area (Å²) < 4.78 is 1.93. The van der Waals surface area contributed by atoms with Crippen LogP contribution in [-0.2, 0) is 0 Å². The van der Waals surface area contributed by atoms with Crippen LogP contribution in [-0.4, -0.2) is 22.4 Å². The monoisotopic (exact) mass is 244 g/mol. The first-order valence-corrected chi connectivity index (χ1v) is 9.00. The number of nitrogens with two attached hydrogens (primary N) is 1. The fourth-order valence-corrected chi connectivity index (χ4v) is 1.94. The zero-order valence-corrected chi connectivity index (χ0v) is 11.6. The Hall–Kier alpha value is -1.80. The first-order chi connectivity index (χ1) is 7.87. The van der Waals surface area contributed by atoms with Gasteiger partial charge in [-0.2, -0.15) is 0 Å². The number of nitrogen functional groups attached to an aromatic ring is 1. The average molecular weight is 244 g/mol. The predicted octanol–water partition coefficient (Wildman–Crippen LogP) is 1.85. The van der Waals surface area contributed by atoms with Crippen LogP contribution in [0, 0.1) is 18.4 Å². The molecule has 0 fully saturated rings. The maximum absolute atomic E-state index is 5.86. The second-order valence-corrected chi connectivity index (χ2v) is 9.85. The number of nitrogens with zero attached hydrogens (tertiary/aromatic N) is 3. The molecule has 0 unspecified atom stereocenters. The van der Waals surface area contributed by atoms with Crippen molar-refractivity contribution in [2.45, 2.75) is 26.6 Å². The van der Waals surface area contributed by atoms with Crippen LogP contribution < -0.4 is 5.73 Å². The Balaban J connectivity index is 2.56. The Morgan fingerprint density at radius 3 is 2.71 bits per heavy atom. The molecule has 2 aromatic rings. The van der Waals surface area contributed by atoms with Crippen molar-refractivity contribution in [2.24, 2.45) is 0 Å². The molecule has 2 heterocycles. The molecule has 0 bridgehead atoms. The Morgan fingerprint density at radius 2 is 2.06 bits per heavy atom. The van der Waals surface area contributed by atoms with Gasteiger partial charge in [0.1, 0.15) is 13.8 Å². The molecule has 0 atom stereocenters. The van der Waals surface area contributed by atoms with Gasteiger partial charge in [-0.1, -0.05) is 25.6 Å². The van der Waals surface area contributed by atoms with Gasteiger partial charge >= 0.3 is 0 Å². The van der Waals surface area contributed by atoms with E-state index in [9.17, 15) is 0 Å². The largest absolute Gasteiger partial charge is 0.381 e. The molecule has 4 nitrogen and oxygen atoms in total. The molecular formula is C12H16N4Si. The quantitative estimate of drug-likeness (QED) is 0.568. The van der Waals surface area contributed by atoms with Crippen molar-refractivity contribution in [1.82, 2.24) is 14.4 Å². The molecule has 88 valence electrons. The van der Waals surface area contributed by atoms with E-state index < -0.39 is 8.07 Å². The molecule has 2 rings (SSSR count). The summed E-state index contributed by atoms with van der Waals surface area (Å²) in [6, 6.07) is 0. The third-order valence-electron chi connectivity index (χ3n) is 2.27. The van der Waals surface area contributed by atoms with E-state index in [1.54, 1.807) is 6.20 Å². The maximum atomic E-state index is 5.86. The maximum Gasteiger partial charge on any atom is 0.180 e. The molecule has 0 aliphatic rings. The predicted molar refractivity (Wildman–Crippen MR) is 72.4 cm³/mol. The molecule has 0 amide bonds. The topological polar surface area (TPSA) is 56.2 Å². The van der Waals surface area contributed by atoms with E-state index in [1.165, 1.54) is 0 Å². The zero-order valence-electron chi connectivity index (χ0n) is 10.6. The first kappa shape index (κ1) is 11.7. The van der Waals surface area contributed by atoms with Crippen LogP contribution in [0.4, 0.5) is 5.82 Å². The van der Waals surface area contributed by atoms with Crippen LogP contribution in [0.1, 0.15) is 11.4 Å². The fraction of sp³-hybridized carbons (Fsp3) is 0.333. The van der Waals surface area contributed by atoms with Gasteiger partial charge in [0.2, 0.25) is 0 Å². The van der Waals surface area contributed by atoms with Crippen molar-refractivity contribution < 1.29 is 0 Å². The zero-order chi connectivity index (χ0) is 12.6. The SMILES string of the molecule is Cc1cnc2c(N)nc(C#C[Si](C)(C)C)cn12. The Morgan fingerprint density at radius 1 is 1.35 bits per heavy atom. The van der Waals surface area contributed by atoms with E-state index in [2.05, 4.69) is 41.1 Å². The number of aryl methyl sites for hydroxylation is 1. The third-order valence-corrected chi connectivity index (χ3v) is 3.14. The highest BCUT2D eigenvalue weighted by atomic mass is 28.3. The van der Waals surface area contributed by atoms with Crippen LogP contribution in [0.5, 0.6) is 0 Å². The molecule has 0 aromatic carbocycles. The normalized spacial score (nSPS) is 11.3. The summed E-state index contributed by atoms with van der Waals surface area (Å²) in [5.41, 5.74) is 11.6. The fourth-order valence-electron chi connectivity index (χ4n) is 1.44. The molecule has 0 spiro atoms. The highest BCUT2D eigenvalue weighted by molar-refractivity contribution is 6.83. The highest BCUT2D eigenvalue weighted by Crippen LogP contribution is 2.12. The number of aromatic nitrogens is 3. The van der Waals surface area contributed by atoms with Crippen LogP contribution in [0.2, 0.25) is 19.6 Å². The summed E-state index contributed by atoms with van der Waals surface area (Å²) in [7, 11) is -1.39. The van der Waals surface area contributed by atoms with Gasteiger partial charge in [0.15, 0.2) is 11.5 Å². The molecular weight excluding hydrogens is 228 g/mol. The minimum absolute atomic E-state index is 0.431. The lowest BCUT2D eigenvalue weighted by Gasteiger charge is -2.04. The van der Waals surface area contributed by atoms with Crippen LogP contribution >= 0.6 is 0 Å². The van der Waals surface area contributed by atoms with E-state index >= 15 is 0 Å². The number of anilines is 1. The minimum atomic E-state index is -1.39. The van der Waals surface area contributed by atoms with Gasteiger partial charge in [0, 0.05) is 18.1 Å². The van der Waals surface area contributed by atoms with Crippen molar-refractivity contribution in [3.05, 3.63) is 23.8 Å². The van der Waals surface area contributed by atoms with Gasteiger partial charge in [-0.25, -0.2) is 9.97 Å². The lowest BCUT2D eigenvalue weighted by molar-refractivity contribution is 1.07. The van der Waals surface area contributed by atoms with Gasteiger partial charge in [0.05, 0.1) is 0 Å². The summed E-state index contributed by atoms with van der Waals surface area (Å²) >= 11 is 0. The lowest BCUT2D eigenvalue weighted by atomic mass is 10.4. The van der Waals surface area contributed by atoms with E-state index in [-0.39, 0.29) is 0 Å². The summed E-state index contributed by atoms with van der Waals surface area (Å²) in [5, 5.41) is 0. The molecule has 0 radical (unpaired) electrons. The van der Waals surface area contributed by atoms with Crippen molar-refractivity contribution in [3.63, 3.8) is 0 Å². The second kappa shape index (κ2) is 3.89. The average Bonchev–Trinajstić information content (AvgIpc) is 2.57. The van der Waals surface area contributed by atoms with Crippen LogP contribution in [0.15, 0.2) is 12.4 Å². The standard InChI is InChI=1S/C12H16N4Si/c1-9-7-14-12-11(13)15-10(8-16(9)12)5-6-17(2,3)4/h7-8H,1-4H3,(H2,13,15). The van der Waals surface area contributed by atoms with Gasteiger partial charge in [0.25, 0.3) is 0 Å². The number of hydrogen-bond donors (Lipinski definition) is 1. The molecule has 2 N–H and O–H groups in total. The van der Waals surface area contributed by atoms with Crippen molar-refractivity contribution in [1.29, 1.82) is 0 Å². The van der Waals surface area contributed by atoms with Crippen LogP contribution in [0.3, 0.4) is 0 Å².